The largest absolute Gasteiger partial charge is 0.416 e. The van der Waals surface area contributed by atoms with E-state index in [0.29, 0.717) is 0 Å². The van der Waals surface area contributed by atoms with Crippen LogP contribution in [0.15, 0.2) is 91.0 Å². The van der Waals surface area contributed by atoms with Crippen LogP contribution in [0, 0.1) is 0 Å². The highest BCUT2D eigenvalue weighted by Gasteiger charge is 2.39. The molecule has 1 unspecified atom stereocenters. The van der Waals surface area contributed by atoms with Crippen LogP contribution in [-0.2, 0) is 4.57 Å². The Bertz CT molecular complexity index is 1380. The molecule has 6 rings (SSSR count). The molecule has 0 aliphatic carbocycles. The fourth-order valence-corrected chi connectivity index (χ4v) is 5.79. The Morgan fingerprint density at radius 3 is 2.22 bits per heavy atom. The molecule has 4 aromatic carbocycles. The number of nitrogens with zero attached hydrogens (tertiary/aromatic N) is 1. The van der Waals surface area contributed by atoms with Crippen LogP contribution in [0.25, 0.3) is 38.6 Å². The second-order valence-corrected chi connectivity index (χ2v) is 8.44. The molecule has 3 heteroatoms. The molecule has 0 bridgehead atoms. The smallest absolute Gasteiger partial charge is 0.309 e. The van der Waals surface area contributed by atoms with Gasteiger partial charge in [-0.2, -0.15) is 0 Å². The molecule has 27 heavy (non-hydrogen) atoms. The summed E-state index contributed by atoms with van der Waals surface area (Å²) in [5.74, 6) is 0. The van der Waals surface area contributed by atoms with Crippen LogP contribution in [0.1, 0.15) is 0 Å². The highest BCUT2D eigenvalue weighted by atomic mass is 31.1. The Hall–Kier alpha value is -3.22. The number of aromatic nitrogens is 1. The van der Waals surface area contributed by atoms with Gasteiger partial charge in [0.15, 0.2) is 0 Å². The number of hydrogen-bond acceptors (Lipinski definition) is 1. The molecule has 0 N–H and O–H groups in total. The van der Waals surface area contributed by atoms with Crippen LogP contribution in [-0.4, -0.2) is 4.57 Å². The molecule has 1 aromatic heterocycles. The number of hydrogen-bond donors (Lipinski definition) is 0. The number of fused-ring (bicyclic) bond motifs is 6. The van der Waals surface area contributed by atoms with Crippen LogP contribution in [0.5, 0.6) is 0 Å². The number of benzene rings is 4. The minimum Gasteiger partial charge on any atom is -0.309 e. The molecule has 0 spiro atoms. The van der Waals surface area contributed by atoms with Crippen LogP contribution in [0.4, 0.5) is 0 Å². The summed E-state index contributed by atoms with van der Waals surface area (Å²) in [6, 6.07) is 31.3. The van der Waals surface area contributed by atoms with E-state index in [1.54, 1.807) is 0 Å². The zero-order valence-corrected chi connectivity index (χ0v) is 15.4. The minimum atomic E-state index is -1.54. The van der Waals surface area contributed by atoms with Gasteiger partial charge in [-0.15, -0.1) is 0 Å². The van der Waals surface area contributed by atoms with Gasteiger partial charge in [0, 0.05) is 33.7 Å². The first-order valence-electron chi connectivity index (χ1n) is 9.02. The average Bonchev–Trinajstić information content (AvgIpc) is 3.20. The van der Waals surface area contributed by atoms with Crippen LogP contribution >= 0.6 is 7.80 Å². The van der Waals surface area contributed by atoms with E-state index in [1.165, 1.54) is 16.3 Å². The second kappa shape index (κ2) is 5.39. The topological polar surface area (TPSA) is 22.0 Å². The first kappa shape index (κ1) is 14.9. The van der Waals surface area contributed by atoms with Gasteiger partial charge in [0.25, 0.3) is 0 Å². The van der Waals surface area contributed by atoms with Gasteiger partial charge in [-0.25, -0.2) is 0 Å². The van der Waals surface area contributed by atoms with Gasteiger partial charge in [-0.3, -0.25) is 0 Å². The highest BCUT2D eigenvalue weighted by Crippen LogP contribution is 2.41. The van der Waals surface area contributed by atoms with Crippen molar-refractivity contribution in [2.24, 2.45) is 0 Å². The van der Waals surface area contributed by atoms with E-state index in [1.807, 2.05) is 24.3 Å². The van der Waals surface area contributed by atoms with E-state index in [0.717, 1.165) is 32.9 Å². The molecule has 5 aromatic rings. The van der Waals surface area contributed by atoms with Crippen LogP contribution in [0.2, 0.25) is 0 Å². The van der Waals surface area contributed by atoms with Crippen LogP contribution < -0.4 is 10.6 Å². The lowest BCUT2D eigenvalue weighted by Gasteiger charge is -2.07. The van der Waals surface area contributed by atoms with Crippen molar-refractivity contribution in [2.45, 2.75) is 0 Å². The number of rotatable bonds is 1. The van der Waals surface area contributed by atoms with Gasteiger partial charge < -0.3 is 4.57 Å². The fraction of sp³-hybridized carbons (Fsp3) is 0. The van der Waals surface area contributed by atoms with Crippen molar-refractivity contribution < 1.29 is 4.57 Å². The second-order valence-electron chi connectivity index (χ2n) is 6.89. The van der Waals surface area contributed by atoms with Gasteiger partial charge in [-0.1, -0.05) is 53.1 Å². The van der Waals surface area contributed by atoms with Crippen molar-refractivity contribution in [3.63, 3.8) is 0 Å². The summed E-state index contributed by atoms with van der Waals surface area (Å²) >= 11 is 0. The number of para-hydroxylation sites is 2. The molecule has 1 aliphatic rings. The Morgan fingerprint density at radius 1 is 0.593 bits per heavy atom. The molecule has 0 saturated carbocycles. The third-order valence-electron chi connectivity index (χ3n) is 5.44. The van der Waals surface area contributed by atoms with Gasteiger partial charge in [0.2, 0.25) is 10.6 Å². The van der Waals surface area contributed by atoms with Crippen molar-refractivity contribution >= 4 is 40.2 Å². The molecule has 0 radical (unpaired) electrons. The lowest BCUT2D eigenvalue weighted by atomic mass is 10.0. The Kier molecular flexibility index (Phi) is 2.97. The normalized spacial score (nSPS) is 13.9. The summed E-state index contributed by atoms with van der Waals surface area (Å²) in [4.78, 5) is 0. The molecule has 1 atom stereocenters. The van der Waals surface area contributed by atoms with E-state index < -0.39 is 7.80 Å². The van der Waals surface area contributed by atoms with Gasteiger partial charge in [-0.05, 0) is 36.4 Å². The van der Waals surface area contributed by atoms with Gasteiger partial charge >= 0.3 is 7.80 Å². The molecular formula is C24H15NOP+. The first-order chi connectivity index (χ1) is 13.3. The van der Waals surface area contributed by atoms with E-state index in [-0.39, 0.29) is 0 Å². The predicted molar refractivity (Wildman–Crippen MR) is 113 cm³/mol. The zero-order chi connectivity index (χ0) is 18.0. The predicted octanol–water partition coefficient (Wildman–Crippen LogP) is 5.54. The molecule has 2 heterocycles. The monoisotopic (exact) mass is 364 g/mol. The summed E-state index contributed by atoms with van der Waals surface area (Å²) in [5.41, 5.74) is 5.61. The third-order valence-corrected chi connectivity index (χ3v) is 7.07. The van der Waals surface area contributed by atoms with Crippen LogP contribution in [0.3, 0.4) is 0 Å². The highest BCUT2D eigenvalue weighted by molar-refractivity contribution is 7.63. The Morgan fingerprint density at radius 2 is 1.33 bits per heavy atom. The quantitative estimate of drug-likeness (QED) is 0.351. The fourth-order valence-electron chi connectivity index (χ4n) is 4.25. The van der Waals surface area contributed by atoms with E-state index in [4.69, 9.17) is 0 Å². The maximum Gasteiger partial charge on any atom is 0.416 e. The molecule has 1 aliphatic heterocycles. The van der Waals surface area contributed by atoms with Crippen molar-refractivity contribution in [3.05, 3.63) is 91.0 Å². The van der Waals surface area contributed by atoms with E-state index in [2.05, 4.69) is 71.3 Å². The molecule has 0 saturated heterocycles. The van der Waals surface area contributed by atoms with Crippen molar-refractivity contribution in [1.82, 2.24) is 4.57 Å². The average molecular weight is 364 g/mol. The summed E-state index contributed by atoms with van der Waals surface area (Å²) < 4.78 is 15.4. The van der Waals surface area contributed by atoms with E-state index in [9.17, 15) is 4.57 Å². The summed E-state index contributed by atoms with van der Waals surface area (Å²) in [6.45, 7) is 0. The maximum atomic E-state index is 13.1. The Balaban J connectivity index is 1.79. The maximum absolute atomic E-state index is 13.1. The van der Waals surface area contributed by atoms with Crippen molar-refractivity contribution in [1.29, 1.82) is 0 Å². The lowest BCUT2D eigenvalue weighted by Crippen LogP contribution is -2.00. The Labute approximate surface area is 157 Å². The third kappa shape index (κ3) is 1.96. The molecule has 2 nitrogen and oxygen atoms in total. The van der Waals surface area contributed by atoms with E-state index >= 15 is 0 Å². The first-order valence-corrected chi connectivity index (χ1v) is 10.3. The van der Waals surface area contributed by atoms with Crippen molar-refractivity contribution in [2.75, 3.05) is 0 Å². The zero-order valence-electron chi connectivity index (χ0n) is 14.5. The van der Waals surface area contributed by atoms with Crippen molar-refractivity contribution in [3.8, 4) is 16.8 Å². The lowest BCUT2D eigenvalue weighted by molar-refractivity contribution is 0.598. The molecule has 0 fully saturated rings. The van der Waals surface area contributed by atoms with Gasteiger partial charge in [0.1, 0.15) is 0 Å². The molecule has 0 amide bonds. The summed E-state index contributed by atoms with van der Waals surface area (Å²) in [6.07, 6.45) is 0. The SMILES string of the molecule is O=[P+]1c2ccccc2-c2cc3c4ccccc4n(-c4ccccc4)c3cc21. The summed E-state index contributed by atoms with van der Waals surface area (Å²) in [7, 11) is -1.54. The summed E-state index contributed by atoms with van der Waals surface area (Å²) in [5, 5.41) is 4.32. The standard InChI is InChI=1S/C24H15NOP/c26-27-23-13-7-5-11-18(23)20-14-19-17-10-4-6-12-21(17)25(22(19)15-24(20)27)16-8-2-1-3-9-16/h1-15H/q+1. The van der Waals surface area contributed by atoms with Gasteiger partial charge in [0.05, 0.1) is 11.0 Å². The molecule has 126 valence electrons. The minimum absolute atomic E-state index is 0.943. The molecular weight excluding hydrogens is 349 g/mol.